The van der Waals surface area contributed by atoms with Crippen molar-refractivity contribution in [1.29, 1.82) is 0 Å². The van der Waals surface area contributed by atoms with Crippen molar-refractivity contribution in [2.24, 2.45) is 5.92 Å². The third-order valence-electron chi connectivity index (χ3n) is 6.53. The van der Waals surface area contributed by atoms with Crippen molar-refractivity contribution in [3.63, 3.8) is 0 Å². The average molecular weight is 524 g/mol. The number of hydrogen-bond donors (Lipinski definition) is 1. The van der Waals surface area contributed by atoms with Crippen LogP contribution in [0.3, 0.4) is 0 Å². The van der Waals surface area contributed by atoms with Crippen LogP contribution in [-0.2, 0) is 10.0 Å². The molecular weight excluding hydrogens is 497 g/mol. The number of halogens is 1. The first-order valence-electron chi connectivity index (χ1n) is 11.8. The van der Waals surface area contributed by atoms with Crippen LogP contribution in [0.15, 0.2) is 65.7 Å². The van der Waals surface area contributed by atoms with Gasteiger partial charge < -0.3 is 10.1 Å². The molecule has 2 aromatic heterocycles. The lowest BCUT2D eigenvalue weighted by atomic mass is 9.99. The lowest BCUT2D eigenvalue weighted by Gasteiger charge is -2.32. The van der Waals surface area contributed by atoms with Gasteiger partial charge in [0, 0.05) is 48.5 Å². The second-order valence-electron chi connectivity index (χ2n) is 9.00. The molecule has 5 rings (SSSR count). The van der Waals surface area contributed by atoms with E-state index in [4.69, 9.17) is 21.3 Å². The number of rotatable bonds is 7. The van der Waals surface area contributed by atoms with Crippen LogP contribution in [0.5, 0.6) is 5.75 Å². The van der Waals surface area contributed by atoms with Crippen molar-refractivity contribution in [3.05, 3.63) is 65.8 Å². The van der Waals surface area contributed by atoms with Gasteiger partial charge in [-0.1, -0.05) is 35.9 Å². The number of fused-ring (bicyclic) bond motifs is 1. The van der Waals surface area contributed by atoms with Crippen LogP contribution in [0, 0.1) is 5.92 Å². The first kappa shape index (κ1) is 24.6. The summed E-state index contributed by atoms with van der Waals surface area (Å²) in [6.07, 6.45) is 3.51. The van der Waals surface area contributed by atoms with Crippen LogP contribution in [0.4, 0.5) is 5.82 Å². The maximum absolute atomic E-state index is 13.3. The van der Waals surface area contributed by atoms with E-state index < -0.39 is 10.0 Å². The minimum Gasteiger partial charge on any atom is -0.497 e. The average Bonchev–Trinajstić information content (AvgIpc) is 3.28. The van der Waals surface area contributed by atoms with Crippen molar-refractivity contribution >= 4 is 46.4 Å². The van der Waals surface area contributed by atoms with Crippen molar-refractivity contribution in [2.75, 3.05) is 32.1 Å². The molecule has 36 heavy (non-hydrogen) atoms. The number of benzene rings is 2. The first-order valence-corrected chi connectivity index (χ1v) is 13.7. The summed E-state index contributed by atoms with van der Waals surface area (Å²) < 4.78 is 35.2. The van der Waals surface area contributed by atoms with Crippen molar-refractivity contribution in [1.82, 2.24) is 18.9 Å². The highest BCUT2D eigenvalue weighted by atomic mass is 35.5. The van der Waals surface area contributed by atoms with Gasteiger partial charge in [0.15, 0.2) is 5.65 Å². The molecule has 0 saturated carbocycles. The quantitative estimate of drug-likeness (QED) is 0.375. The molecule has 0 aliphatic carbocycles. The van der Waals surface area contributed by atoms with Crippen LogP contribution < -0.4 is 15.5 Å². The van der Waals surface area contributed by atoms with E-state index in [-0.39, 0.29) is 10.8 Å². The first-order chi connectivity index (χ1) is 17.4. The maximum atomic E-state index is 13.3. The molecule has 0 bridgehead atoms. The number of methoxy groups -OCH3 is 1. The van der Waals surface area contributed by atoms with E-state index in [9.17, 15) is 8.42 Å². The third-order valence-corrected chi connectivity index (χ3v) is 8.72. The molecule has 0 spiro atoms. The van der Waals surface area contributed by atoms with Crippen LogP contribution >= 0.6 is 11.6 Å². The fourth-order valence-corrected chi connectivity index (χ4v) is 6.40. The zero-order valence-corrected chi connectivity index (χ0v) is 21.8. The SMILES string of the molecule is Bc1cnn2c(NCC3CCCN(S(=O)(=O)c4cccc(OC)c4)C3)cc(-c3ccccc3Cl)nc12. The Kier molecular flexibility index (Phi) is 6.92. The summed E-state index contributed by atoms with van der Waals surface area (Å²) >= 11 is 6.45. The van der Waals surface area contributed by atoms with E-state index in [1.165, 1.54) is 7.11 Å². The summed E-state index contributed by atoms with van der Waals surface area (Å²) in [5.74, 6) is 1.45. The van der Waals surface area contributed by atoms with E-state index in [2.05, 4.69) is 10.4 Å². The van der Waals surface area contributed by atoms with E-state index >= 15 is 0 Å². The van der Waals surface area contributed by atoms with E-state index in [1.807, 2.05) is 38.2 Å². The summed E-state index contributed by atoms with van der Waals surface area (Å²) in [6, 6.07) is 16.2. The van der Waals surface area contributed by atoms with Crippen LogP contribution in [-0.4, -0.2) is 61.9 Å². The maximum Gasteiger partial charge on any atom is 0.243 e. The van der Waals surface area contributed by atoms with Gasteiger partial charge in [0.25, 0.3) is 0 Å². The Balaban J connectivity index is 1.37. The van der Waals surface area contributed by atoms with Crippen LogP contribution in [0.25, 0.3) is 16.9 Å². The molecule has 1 aliphatic rings. The fourth-order valence-electron chi connectivity index (χ4n) is 4.58. The van der Waals surface area contributed by atoms with E-state index in [0.29, 0.717) is 30.4 Å². The molecule has 0 amide bonds. The molecule has 2 aromatic carbocycles. The lowest BCUT2D eigenvalue weighted by Crippen LogP contribution is -2.41. The number of anilines is 1. The molecule has 0 radical (unpaired) electrons. The Labute approximate surface area is 216 Å². The molecule has 8 nitrogen and oxygen atoms in total. The Hall–Kier alpha value is -3.08. The van der Waals surface area contributed by atoms with Crippen LogP contribution in [0.1, 0.15) is 12.8 Å². The Morgan fingerprint density at radius 3 is 2.83 bits per heavy atom. The van der Waals surface area contributed by atoms with Gasteiger partial charge in [0.05, 0.1) is 17.7 Å². The predicted octanol–water partition coefficient (Wildman–Crippen LogP) is 2.83. The van der Waals surface area contributed by atoms with Gasteiger partial charge in [-0.25, -0.2) is 13.4 Å². The molecule has 11 heteroatoms. The molecule has 1 fully saturated rings. The Bertz CT molecular complexity index is 1510. The molecule has 1 N–H and O–H groups in total. The number of nitrogens with zero attached hydrogens (tertiary/aromatic N) is 4. The minimum absolute atomic E-state index is 0.141. The van der Waals surface area contributed by atoms with E-state index in [0.717, 1.165) is 41.0 Å². The van der Waals surface area contributed by atoms with Crippen LogP contribution in [0.2, 0.25) is 5.02 Å². The van der Waals surface area contributed by atoms with Gasteiger partial charge in [-0.15, -0.1) is 0 Å². The fraction of sp³-hybridized carbons (Fsp3) is 0.280. The van der Waals surface area contributed by atoms with Gasteiger partial charge in [-0.2, -0.15) is 13.9 Å². The molecule has 1 unspecified atom stereocenters. The largest absolute Gasteiger partial charge is 0.497 e. The molecule has 186 valence electrons. The Morgan fingerprint density at radius 2 is 2.03 bits per heavy atom. The minimum atomic E-state index is -3.61. The highest BCUT2D eigenvalue weighted by Gasteiger charge is 2.30. The van der Waals surface area contributed by atoms with Gasteiger partial charge in [0.1, 0.15) is 19.4 Å². The van der Waals surface area contributed by atoms with Crippen molar-refractivity contribution < 1.29 is 13.2 Å². The zero-order valence-electron chi connectivity index (χ0n) is 20.2. The van der Waals surface area contributed by atoms with Gasteiger partial charge >= 0.3 is 0 Å². The molecule has 1 aliphatic heterocycles. The molecule has 1 atom stereocenters. The summed E-state index contributed by atoms with van der Waals surface area (Å²) in [6.45, 7) is 1.55. The highest BCUT2D eigenvalue weighted by Crippen LogP contribution is 2.29. The normalized spacial score (nSPS) is 16.8. The van der Waals surface area contributed by atoms with Gasteiger partial charge in [0.2, 0.25) is 10.0 Å². The second-order valence-corrected chi connectivity index (χ2v) is 11.3. The van der Waals surface area contributed by atoms with E-state index in [1.54, 1.807) is 39.3 Å². The summed E-state index contributed by atoms with van der Waals surface area (Å²) in [5, 5.41) is 8.62. The number of hydrogen-bond acceptors (Lipinski definition) is 6. The number of piperidine rings is 1. The summed E-state index contributed by atoms with van der Waals surface area (Å²) in [4.78, 5) is 5.04. The topological polar surface area (TPSA) is 88.8 Å². The van der Waals surface area contributed by atoms with Gasteiger partial charge in [-0.05, 0) is 42.4 Å². The zero-order chi connectivity index (χ0) is 25.3. The number of nitrogens with one attached hydrogen (secondary N) is 1. The number of aromatic nitrogens is 3. The summed E-state index contributed by atoms with van der Waals surface area (Å²) in [7, 11) is -0.105. The van der Waals surface area contributed by atoms with Gasteiger partial charge in [-0.3, -0.25) is 0 Å². The monoisotopic (exact) mass is 523 g/mol. The molecule has 4 aromatic rings. The third kappa shape index (κ3) is 4.80. The Morgan fingerprint density at radius 1 is 1.19 bits per heavy atom. The highest BCUT2D eigenvalue weighted by molar-refractivity contribution is 7.89. The number of sulfonamides is 1. The molecule has 1 saturated heterocycles. The molecule has 3 heterocycles. The number of ether oxygens (including phenoxy) is 1. The second kappa shape index (κ2) is 10.1. The lowest BCUT2D eigenvalue weighted by molar-refractivity contribution is 0.275. The molecular formula is C25H27BClN5O3S. The van der Waals surface area contributed by atoms with Crippen molar-refractivity contribution in [3.8, 4) is 17.0 Å². The predicted molar refractivity (Wildman–Crippen MR) is 145 cm³/mol. The smallest absolute Gasteiger partial charge is 0.243 e. The van der Waals surface area contributed by atoms with Crippen molar-refractivity contribution in [2.45, 2.75) is 17.7 Å². The summed E-state index contributed by atoms with van der Waals surface area (Å²) in [5.41, 5.74) is 3.31. The standard InChI is InChI=1S/C25H27BClN5O3S/c1-35-18-7-4-8-19(12-18)36(33,34)31-11-5-6-17(16-31)14-28-24-13-23(20-9-2-3-10-22(20)27)30-25-21(26)15-29-32(24)25/h2-4,7-10,12-13,15,17,28H,5-6,11,14,16,26H2,1H3.